The summed E-state index contributed by atoms with van der Waals surface area (Å²) in [5.41, 5.74) is -0.0174. The summed E-state index contributed by atoms with van der Waals surface area (Å²) in [7, 11) is -4.23. The number of carboxylic acids is 1. The van der Waals surface area contributed by atoms with Gasteiger partial charge in [0.2, 0.25) is 10.0 Å². The Morgan fingerprint density at radius 1 is 1.38 bits per heavy atom. The first-order chi connectivity index (χ1) is 9.42. The molecule has 0 heterocycles. The van der Waals surface area contributed by atoms with Crippen molar-refractivity contribution in [3.63, 3.8) is 0 Å². The highest BCUT2D eigenvalue weighted by atomic mass is 32.2. The number of alkyl halides is 3. The molecule has 0 aromatic heterocycles. The number of carbonyl (C=O) groups is 1. The van der Waals surface area contributed by atoms with Gasteiger partial charge in [-0.1, -0.05) is 6.07 Å². The lowest BCUT2D eigenvalue weighted by atomic mass is 10.1. The second kappa shape index (κ2) is 6.02. The van der Waals surface area contributed by atoms with E-state index in [1.54, 1.807) is 0 Å². The lowest BCUT2D eigenvalue weighted by Gasteiger charge is -2.17. The third-order valence-electron chi connectivity index (χ3n) is 2.62. The molecule has 1 atom stereocenters. The summed E-state index contributed by atoms with van der Waals surface area (Å²) in [5, 5.41) is 8.84. The first-order valence-electron chi connectivity index (χ1n) is 5.85. The fraction of sp³-hybridized carbons (Fsp3) is 0.417. The van der Waals surface area contributed by atoms with Crippen molar-refractivity contribution in [3.05, 3.63) is 29.3 Å². The molecule has 2 N–H and O–H groups in total. The molecular weight excluding hydrogens is 311 g/mol. The van der Waals surface area contributed by atoms with Crippen LogP contribution in [0.25, 0.3) is 0 Å². The number of carboxylic acid groups (broad SMARTS) is 1. The van der Waals surface area contributed by atoms with Crippen molar-refractivity contribution in [2.24, 2.45) is 0 Å². The maximum Gasteiger partial charge on any atom is 0.390 e. The van der Waals surface area contributed by atoms with E-state index in [1.807, 2.05) is 4.72 Å². The van der Waals surface area contributed by atoms with E-state index in [4.69, 9.17) is 5.11 Å². The van der Waals surface area contributed by atoms with Crippen LogP contribution in [-0.4, -0.2) is 31.7 Å². The maximum atomic E-state index is 12.2. The van der Waals surface area contributed by atoms with Crippen molar-refractivity contribution >= 4 is 16.0 Å². The minimum Gasteiger partial charge on any atom is -0.478 e. The Labute approximate surface area is 119 Å². The second-order valence-electron chi connectivity index (χ2n) is 4.63. The fourth-order valence-electron chi connectivity index (χ4n) is 1.74. The number of nitrogens with one attached hydrogen (secondary N) is 1. The number of benzene rings is 1. The van der Waals surface area contributed by atoms with Crippen molar-refractivity contribution in [2.45, 2.75) is 37.4 Å². The molecule has 1 unspecified atom stereocenters. The molecular formula is C12H14F3NO4S. The van der Waals surface area contributed by atoms with Gasteiger partial charge in [-0.25, -0.2) is 17.9 Å². The number of halogens is 3. The third-order valence-corrected chi connectivity index (χ3v) is 4.35. The summed E-state index contributed by atoms with van der Waals surface area (Å²) in [6, 6.07) is 2.06. The Kier molecular flexibility index (Phi) is 5.00. The van der Waals surface area contributed by atoms with Gasteiger partial charge >= 0.3 is 12.1 Å². The molecule has 0 fully saturated rings. The van der Waals surface area contributed by atoms with Crippen molar-refractivity contribution in [1.82, 2.24) is 4.72 Å². The molecule has 9 heteroatoms. The zero-order chi connectivity index (χ0) is 16.4. The Hall–Kier alpha value is -1.61. The largest absolute Gasteiger partial charge is 0.478 e. The highest BCUT2D eigenvalue weighted by Gasteiger charge is 2.32. The standard InChI is InChI=1S/C12H14F3NO4S/c1-7-3-4-9(11(17)18)5-10(7)21(19,20)16-8(2)6-12(13,14)15/h3-5,8,16H,6H2,1-2H3,(H,17,18). The molecule has 1 aromatic rings. The molecule has 118 valence electrons. The molecule has 21 heavy (non-hydrogen) atoms. The maximum absolute atomic E-state index is 12.2. The molecule has 0 aliphatic rings. The zero-order valence-electron chi connectivity index (χ0n) is 11.2. The van der Waals surface area contributed by atoms with Crippen LogP contribution in [0.3, 0.4) is 0 Å². The monoisotopic (exact) mass is 325 g/mol. The van der Waals surface area contributed by atoms with E-state index in [-0.39, 0.29) is 16.0 Å². The van der Waals surface area contributed by atoms with E-state index in [9.17, 15) is 26.4 Å². The average molecular weight is 325 g/mol. The number of aromatic carboxylic acids is 1. The van der Waals surface area contributed by atoms with Gasteiger partial charge in [0, 0.05) is 6.04 Å². The number of rotatable bonds is 5. The van der Waals surface area contributed by atoms with Crippen molar-refractivity contribution in [1.29, 1.82) is 0 Å². The number of hydrogen-bond donors (Lipinski definition) is 2. The predicted octanol–water partition coefficient (Wildman–Crippen LogP) is 2.31. The van der Waals surface area contributed by atoms with Crippen LogP contribution in [0.1, 0.15) is 29.3 Å². The lowest BCUT2D eigenvalue weighted by Crippen LogP contribution is -2.36. The molecule has 0 saturated carbocycles. The van der Waals surface area contributed by atoms with E-state index in [0.29, 0.717) is 0 Å². The van der Waals surface area contributed by atoms with Gasteiger partial charge in [-0.2, -0.15) is 13.2 Å². The minimum absolute atomic E-state index is 0.242. The van der Waals surface area contributed by atoms with E-state index >= 15 is 0 Å². The fourth-order valence-corrected chi connectivity index (χ4v) is 3.25. The van der Waals surface area contributed by atoms with Crippen LogP contribution >= 0.6 is 0 Å². The first kappa shape index (κ1) is 17.4. The van der Waals surface area contributed by atoms with Crippen molar-refractivity contribution < 1.29 is 31.5 Å². The lowest BCUT2D eigenvalue weighted by molar-refractivity contribution is -0.137. The summed E-state index contributed by atoms with van der Waals surface area (Å²) < 4.78 is 62.7. The van der Waals surface area contributed by atoms with Crippen LogP contribution in [0.2, 0.25) is 0 Å². The van der Waals surface area contributed by atoms with Gasteiger partial charge in [0.05, 0.1) is 16.9 Å². The highest BCUT2D eigenvalue weighted by Crippen LogP contribution is 2.23. The molecule has 0 spiro atoms. The van der Waals surface area contributed by atoms with Gasteiger partial charge in [0.1, 0.15) is 0 Å². The minimum atomic E-state index is -4.50. The van der Waals surface area contributed by atoms with Crippen LogP contribution in [0.15, 0.2) is 23.1 Å². The van der Waals surface area contributed by atoms with Gasteiger partial charge in [0.15, 0.2) is 0 Å². The number of sulfonamides is 1. The van der Waals surface area contributed by atoms with Gasteiger partial charge in [0.25, 0.3) is 0 Å². The molecule has 1 aromatic carbocycles. The molecule has 5 nitrogen and oxygen atoms in total. The normalized spacial score (nSPS) is 14.0. The Morgan fingerprint density at radius 2 is 1.95 bits per heavy atom. The molecule has 0 aliphatic heterocycles. The van der Waals surface area contributed by atoms with Gasteiger partial charge in [-0.05, 0) is 31.5 Å². The number of aryl methyl sites for hydroxylation is 1. The smallest absolute Gasteiger partial charge is 0.390 e. The van der Waals surface area contributed by atoms with Crippen molar-refractivity contribution in [3.8, 4) is 0 Å². The molecule has 0 amide bonds. The van der Waals surface area contributed by atoms with E-state index < -0.39 is 34.6 Å². The van der Waals surface area contributed by atoms with Crippen LogP contribution in [-0.2, 0) is 10.0 Å². The summed E-state index contributed by atoms with van der Waals surface area (Å²) in [5.74, 6) is -1.32. The van der Waals surface area contributed by atoms with E-state index in [2.05, 4.69) is 0 Å². The van der Waals surface area contributed by atoms with E-state index in [0.717, 1.165) is 13.0 Å². The quantitative estimate of drug-likeness (QED) is 0.870. The average Bonchev–Trinajstić information content (AvgIpc) is 2.24. The van der Waals surface area contributed by atoms with Gasteiger partial charge in [-0.3, -0.25) is 0 Å². The Balaban J connectivity index is 3.08. The van der Waals surface area contributed by atoms with Crippen LogP contribution in [0.4, 0.5) is 13.2 Å². The SMILES string of the molecule is Cc1ccc(C(=O)O)cc1S(=O)(=O)NC(C)CC(F)(F)F. The van der Waals surface area contributed by atoms with Gasteiger partial charge < -0.3 is 5.11 Å². The van der Waals surface area contributed by atoms with Crippen LogP contribution in [0.5, 0.6) is 0 Å². The molecule has 0 bridgehead atoms. The predicted molar refractivity (Wildman–Crippen MR) is 68.6 cm³/mol. The molecule has 0 radical (unpaired) electrons. The molecule has 0 aliphatic carbocycles. The Morgan fingerprint density at radius 3 is 2.43 bits per heavy atom. The number of hydrogen-bond acceptors (Lipinski definition) is 3. The zero-order valence-corrected chi connectivity index (χ0v) is 12.0. The molecule has 1 rings (SSSR count). The first-order valence-corrected chi connectivity index (χ1v) is 7.34. The third kappa shape index (κ3) is 5.01. The van der Waals surface area contributed by atoms with Crippen molar-refractivity contribution in [2.75, 3.05) is 0 Å². The summed E-state index contributed by atoms with van der Waals surface area (Å²) in [6.07, 6.45) is -5.82. The summed E-state index contributed by atoms with van der Waals surface area (Å²) in [4.78, 5) is 10.5. The summed E-state index contributed by atoms with van der Waals surface area (Å²) in [6.45, 7) is 2.51. The van der Waals surface area contributed by atoms with Gasteiger partial charge in [-0.15, -0.1) is 0 Å². The summed E-state index contributed by atoms with van der Waals surface area (Å²) >= 11 is 0. The highest BCUT2D eigenvalue weighted by molar-refractivity contribution is 7.89. The topological polar surface area (TPSA) is 83.5 Å². The van der Waals surface area contributed by atoms with Crippen LogP contribution in [0, 0.1) is 6.92 Å². The second-order valence-corrected chi connectivity index (χ2v) is 6.31. The Bertz CT molecular complexity index is 640. The molecule has 0 saturated heterocycles. The van der Waals surface area contributed by atoms with Crippen LogP contribution < -0.4 is 4.72 Å². The van der Waals surface area contributed by atoms with E-state index in [1.165, 1.54) is 19.1 Å².